The Kier molecular flexibility index (Phi) is 4.63. The van der Waals surface area contributed by atoms with Crippen molar-refractivity contribution in [3.63, 3.8) is 0 Å². The second-order valence-corrected chi connectivity index (χ2v) is 6.57. The minimum absolute atomic E-state index is 0.744. The summed E-state index contributed by atoms with van der Waals surface area (Å²) >= 11 is 1.90. The van der Waals surface area contributed by atoms with E-state index in [4.69, 9.17) is 0 Å². The standard InChI is InChI=1S/C15H25NS/c1-4-13-7-8-17-15(13)10-16-14-6-5-11(2)12(3)9-14/h7-8,11-12,14,16H,4-6,9-10H2,1-3H3. The molecule has 0 spiro atoms. The summed E-state index contributed by atoms with van der Waals surface area (Å²) < 4.78 is 0. The predicted molar refractivity (Wildman–Crippen MR) is 76.5 cm³/mol. The lowest BCUT2D eigenvalue weighted by molar-refractivity contribution is 0.226. The van der Waals surface area contributed by atoms with Crippen LogP contribution in [0.2, 0.25) is 0 Å². The van der Waals surface area contributed by atoms with Crippen molar-refractivity contribution in [2.24, 2.45) is 11.8 Å². The molecule has 17 heavy (non-hydrogen) atoms. The van der Waals surface area contributed by atoms with E-state index in [0.717, 1.165) is 24.4 Å². The zero-order chi connectivity index (χ0) is 12.3. The Morgan fingerprint density at radius 1 is 1.29 bits per heavy atom. The Morgan fingerprint density at radius 2 is 2.12 bits per heavy atom. The van der Waals surface area contributed by atoms with Crippen LogP contribution >= 0.6 is 11.3 Å². The molecule has 0 amide bonds. The summed E-state index contributed by atoms with van der Waals surface area (Å²) in [7, 11) is 0. The quantitative estimate of drug-likeness (QED) is 0.844. The summed E-state index contributed by atoms with van der Waals surface area (Å²) in [6, 6.07) is 3.01. The van der Waals surface area contributed by atoms with E-state index in [9.17, 15) is 0 Å². The third kappa shape index (κ3) is 3.32. The highest BCUT2D eigenvalue weighted by molar-refractivity contribution is 7.10. The molecule has 1 aliphatic rings. The minimum Gasteiger partial charge on any atom is -0.309 e. The van der Waals surface area contributed by atoms with Crippen molar-refractivity contribution in [3.05, 3.63) is 21.9 Å². The van der Waals surface area contributed by atoms with Crippen LogP contribution in [0, 0.1) is 11.8 Å². The van der Waals surface area contributed by atoms with Crippen LogP contribution in [0.4, 0.5) is 0 Å². The van der Waals surface area contributed by atoms with Gasteiger partial charge in [-0.1, -0.05) is 20.8 Å². The van der Waals surface area contributed by atoms with Crippen LogP contribution in [0.5, 0.6) is 0 Å². The monoisotopic (exact) mass is 251 g/mol. The fourth-order valence-electron chi connectivity index (χ4n) is 2.81. The molecule has 1 heterocycles. The van der Waals surface area contributed by atoms with Gasteiger partial charge in [-0.15, -0.1) is 11.3 Å². The molecule has 0 radical (unpaired) electrons. The molecule has 0 saturated heterocycles. The van der Waals surface area contributed by atoms with E-state index < -0.39 is 0 Å². The van der Waals surface area contributed by atoms with Crippen LogP contribution in [0.1, 0.15) is 50.5 Å². The molecular weight excluding hydrogens is 226 g/mol. The highest BCUT2D eigenvalue weighted by atomic mass is 32.1. The first-order valence-electron chi connectivity index (χ1n) is 6.99. The fraction of sp³-hybridized carbons (Fsp3) is 0.733. The molecule has 1 aliphatic carbocycles. The molecule has 1 saturated carbocycles. The van der Waals surface area contributed by atoms with Gasteiger partial charge in [0.2, 0.25) is 0 Å². The Morgan fingerprint density at radius 3 is 2.82 bits per heavy atom. The van der Waals surface area contributed by atoms with Gasteiger partial charge in [-0.05, 0) is 54.5 Å². The molecule has 1 fully saturated rings. The number of rotatable bonds is 4. The number of hydrogen-bond acceptors (Lipinski definition) is 2. The zero-order valence-electron chi connectivity index (χ0n) is 11.3. The van der Waals surface area contributed by atoms with Crippen LogP contribution in [0.25, 0.3) is 0 Å². The van der Waals surface area contributed by atoms with Gasteiger partial charge in [0, 0.05) is 17.5 Å². The smallest absolute Gasteiger partial charge is 0.0305 e. The van der Waals surface area contributed by atoms with E-state index in [-0.39, 0.29) is 0 Å². The molecule has 1 aromatic rings. The maximum absolute atomic E-state index is 3.76. The van der Waals surface area contributed by atoms with Crippen molar-refractivity contribution in [1.29, 1.82) is 0 Å². The zero-order valence-corrected chi connectivity index (χ0v) is 12.1. The van der Waals surface area contributed by atoms with Gasteiger partial charge in [-0.3, -0.25) is 0 Å². The van der Waals surface area contributed by atoms with Crippen molar-refractivity contribution in [2.75, 3.05) is 0 Å². The summed E-state index contributed by atoms with van der Waals surface area (Å²) in [6.07, 6.45) is 5.27. The highest BCUT2D eigenvalue weighted by Crippen LogP contribution is 2.29. The Bertz CT molecular complexity index is 344. The van der Waals surface area contributed by atoms with Crippen molar-refractivity contribution in [2.45, 2.75) is 59.0 Å². The Hall–Kier alpha value is -0.340. The van der Waals surface area contributed by atoms with Gasteiger partial charge in [0.25, 0.3) is 0 Å². The van der Waals surface area contributed by atoms with Crippen LogP contribution in [0.15, 0.2) is 11.4 Å². The van der Waals surface area contributed by atoms with E-state index in [1.165, 1.54) is 31.2 Å². The Labute approximate surface area is 110 Å². The molecule has 1 aromatic heterocycles. The average molecular weight is 251 g/mol. The van der Waals surface area contributed by atoms with Gasteiger partial charge >= 0.3 is 0 Å². The van der Waals surface area contributed by atoms with E-state index in [0.29, 0.717) is 0 Å². The number of aryl methyl sites for hydroxylation is 1. The van der Waals surface area contributed by atoms with Crippen LogP contribution < -0.4 is 5.32 Å². The summed E-state index contributed by atoms with van der Waals surface area (Å²) in [5, 5.41) is 5.98. The average Bonchev–Trinajstić information content (AvgIpc) is 2.78. The molecule has 1 nitrogen and oxygen atoms in total. The van der Waals surface area contributed by atoms with Gasteiger partial charge in [0.1, 0.15) is 0 Å². The first-order valence-corrected chi connectivity index (χ1v) is 7.87. The van der Waals surface area contributed by atoms with Gasteiger partial charge < -0.3 is 5.32 Å². The van der Waals surface area contributed by atoms with Gasteiger partial charge in [-0.2, -0.15) is 0 Å². The molecule has 2 heteroatoms. The predicted octanol–water partition coefficient (Wildman–Crippen LogP) is 4.22. The molecule has 0 aliphatic heterocycles. The van der Waals surface area contributed by atoms with Crippen LogP contribution in [-0.2, 0) is 13.0 Å². The maximum Gasteiger partial charge on any atom is 0.0305 e. The maximum atomic E-state index is 3.76. The minimum atomic E-state index is 0.744. The number of nitrogens with one attached hydrogen (secondary N) is 1. The third-order valence-corrected chi connectivity index (χ3v) is 5.33. The van der Waals surface area contributed by atoms with E-state index in [1.54, 1.807) is 4.88 Å². The normalized spacial score (nSPS) is 29.5. The molecule has 0 bridgehead atoms. The molecular formula is C15H25NS. The van der Waals surface area contributed by atoms with Gasteiger partial charge in [0.05, 0.1) is 0 Å². The molecule has 96 valence electrons. The van der Waals surface area contributed by atoms with Crippen molar-refractivity contribution >= 4 is 11.3 Å². The van der Waals surface area contributed by atoms with Crippen LogP contribution in [0.3, 0.4) is 0 Å². The fourth-order valence-corrected chi connectivity index (χ4v) is 3.73. The van der Waals surface area contributed by atoms with Crippen molar-refractivity contribution in [3.8, 4) is 0 Å². The highest BCUT2D eigenvalue weighted by Gasteiger charge is 2.24. The lowest BCUT2D eigenvalue weighted by Gasteiger charge is -2.32. The van der Waals surface area contributed by atoms with E-state index >= 15 is 0 Å². The van der Waals surface area contributed by atoms with Gasteiger partial charge in [-0.25, -0.2) is 0 Å². The topological polar surface area (TPSA) is 12.0 Å². The number of hydrogen-bond donors (Lipinski definition) is 1. The second-order valence-electron chi connectivity index (χ2n) is 5.57. The second kappa shape index (κ2) is 6.01. The summed E-state index contributed by atoms with van der Waals surface area (Å²) in [5.74, 6) is 1.80. The first-order chi connectivity index (χ1) is 8.20. The first kappa shape index (κ1) is 13.1. The van der Waals surface area contributed by atoms with Gasteiger partial charge in [0.15, 0.2) is 0 Å². The van der Waals surface area contributed by atoms with Crippen LogP contribution in [-0.4, -0.2) is 6.04 Å². The SMILES string of the molecule is CCc1ccsc1CNC1CCC(C)C(C)C1. The Balaban J connectivity index is 1.82. The lowest BCUT2D eigenvalue weighted by atomic mass is 9.79. The van der Waals surface area contributed by atoms with E-state index in [2.05, 4.69) is 37.5 Å². The molecule has 1 N–H and O–H groups in total. The van der Waals surface area contributed by atoms with Crippen molar-refractivity contribution < 1.29 is 0 Å². The molecule has 2 rings (SSSR count). The largest absolute Gasteiger partial charge is 0.309 e. The third-order valence-electron chi connectivity index (χ3n) is 4.37. The lowest BCUT2D eigenvalue weighted by Crippen LogP contribution is -2.35. The summed E-state index contributed by atoms with van der Waals surface area (Å²) in [4.78, 5) is 1.54. The molecule has 0 aromatic carbocycles. The molecule has 3 unspecified atom stereocenters. The summed E-state index contributed by atoms with van der Waals surface area (Å²) in [6.45, 7) is 8.12. The summed E-state index contributed by atoms with van der Waals surface area (Å²) in [5.41, 5.74) is 1.53. The van der Waals surface area contributed by atoms with Crippen molar-refractivity contribution in [1.82, 2.24) is 5.32 Å². The molecule has 3 atom stereocenters. The van der Waals surface area contributed by atoms with E-state index in [1.807, 2.05) is 11.3 Å². The number of thiophene rings is 1.